The van der Waals surface area contributed by atoms with Gasteiger partial charge in [-0.3, -0.25) is 4.90 Å². The van der Waals surface area contributed by atoms with Gasteiger partial charge < -0.3 is 0 Å². The maximum atomic E-state index is 12.9. The van der Waals surface area contributed by atoms with Crippen molar-refractivity contribution in [2.75, 3.05) is 19.6 Å². The average molecular weight is 196 g/mol. The molecule has 2 unspecified atom stereocenters. The van der Waals surface area contributed by atoms with E-state index in [1.807, 2.05) is 0 Å². The molecule has 0 bridgehead atoms. The molecule has 78 valence electrons. The van der Waals surface area contributed by atoms with Gasteiger partial charge in [-0.25, -0.2) is 4.39 Å². The maximum absolute atomic E-state index is 12.9. The lowest BCUT2D eigenvalue weighted by Crippen LogP contribution is -2.33. The van der Waals surface area contributed by atoms with E-state index in [4.69, 9.17) is 5.26 Å². The monoisotopic (exact) mass is 196 g/mol. The van der Waals surface area contributed by atoms with Gasteiger partial charge in [-0.05, 0) is 25.2 Å². The van der Waals surface area contributed by atoms with Crippen LogP contribution in [0.15, 0.2) is 0 Å². The summed E-state index contributed by atoms with van der Waals surface area (Å²) in [7, 11) is 0. The first kappa shape index (κ1) is 9.92. The van der Waals surface area contributed by atoms with Crippen LogP contribution in [0.25, 0.3) is 0 Å². The van der Waals surface area contributed by atoms with E-state index in [1.165, 1.54) is 19.3 Å². The Balaban J connectivity index is 1.80. The van der Waals surface area contributed by atoms with E-state index < -0.39 is 6.17 Å². The van der Waals surface area contributed by atoms with E-state index >= 15 is 0 Å². The molecule has 0 radical (unpaired) electrons. The Hall–Kier alpha value is -0.620. The van der Waals surface area contributed by atoms with Crippen LogP contribution in [0.2, 0.25) is 0 Å². The van der Waals surface area contributed by atoms with Gasteiger partial charge >= 0.3 is 0 Å². The lowest BCUT2D eigenvalue weighted by atomic mass is 9.76. The quantitative estimate of drug-likeness (QED) is 0.690. The van der Waals surface area contributed by atoms with Gasteiger partial charge in [0.05, 0.1) is 12.0 Å². The first-order valence-corrected chi connectivity index (χ1v) is 5.55. The van der Waals surface area contributed by atoms with E-state index in [2.05, 4.69) is 11.0 Å². The zero-order chi connectivity index (χ0) is 9.97. The van der Waals surface area contributed by atoms with Crippen molar-refractivity contribution in [2.24, 2.45) is 11.8 Å². The second kappa shape index (κ2) is 4.27. The molecule has 2 atom stereocenters. The smallest absolute Gasteiger partial charge is 0.114 e. The normalized spacial score (nSPS) is 31.0. The summed E-state index contributed by atoms with van der Waals surface area (Å²) in [5, 5.41) is 9.02. The van der Waals surface area contributed by atoms with E-state index in [-0.39, 0.29) is 5.92 Å². The Morgan fingerprint density at radius 2 is 2.21 bits per heavy atom. The summed E-state index contributed by atoms with van der Waals surface area (Å²) in [4.78, 5) is 2.11. The topological polar surface area (TPSA) is 27.0 Å². The Morgan fingerprint density at radius 3 is 2.64 bits per heavy atom. The van der Waals surface area contributed by atoms with Crippen LogP contribution in [0.1, 0.15) is 25.7 Å². The molecule has 3 heteroatoms. The number of likely N-dealkylation sites (tertiary alicyclic amines) is 1. The Labute approximate surface area is 84.7 Å². The molecule has 0 amide bonds. The highest BCUT2D eigenvalue weighted by atomic mass is 19.1. The van der Waals surface area contributed by atoms with Crippen LogP contribution < -0.4 is 0 Å². The zero-order valence-corrected chi connectivity index (χ0v) is 8.45. The molecule has 14 heavy (non-hydrogen) atoms. The number of rotatable bonds is 3. The molecule has 1 heterocycles. The summed E-state index contributed by atoms with van der Waals surface area (Å²) >= 11 is 0. The molecule has 0 aromatic heterocycles. The lowest BCUT2D eigenvalue weighted by molar-refractivity contribution is 0.184. The Kier molecular flexibility index (Phi) is 3.02. The second-order valence-electron chi connectivity index (χ2n) is 4.57. The van der Waals surface area contributed by atoms with Crippen molar-refractivity contribution < 1.29 is 4.39 Å². The molecular weight excluding hydrogens is 179 g/mol. The number of nitrogens with zero attached hydrogens (tertiary/aromatic N) is 2. The summed E-state index contributed by atoms with van der Waals surface area (Å²) in [6, 6.07) is 2.38. The standard InChI is InChI=1S/C11H17FN2/c12-11-4-5-14(8-11)7-10(6-13)9-2-1-3-9/h9-11H,1-5,7-8H2. The van der Waals surface area contributed by atoms with Gasteiger partial charge in [0.1, 0.15) is 6.17 Å². The Bertz CT molecular complexity index is 232. The third-order valence-corrected chi connectivity index (χ3v) is 3.55. The highest BCUT2D eigenvalue weighted by Crippen LogP contribution is 2.34. The molecule has 2 rings (SSSR count). The van der Waals surface area contributed by atoms with Crippen LogP contribution >= 0.6 is 0 Å². The highest BCUT2D eigenvalue weighted by molar-refractivity contribution is 4.94. The molecule has 1 saturated carbocycles. The summed E-state index contributed by atoms with van der Waals surface area (Å²) in [6.45, 7) is 2.18. The molecule has 0 aromatic carbocycles. The molecule has 0 aromatic rings. The third kappa shape index (κ3) is 2.06. The van der Waals surface area contributed by atoms with Gasteiger partial charge in [-0.15, -0.1) is 0 Å². The van der Waals surface area contributed by atoms with Crippen LogP contribution in [-0.4, -0.2) is 30.7 Å². The fourth-order valence-electron chi connectivity index (χ4n) is 2.37. The molecule has 0 N–H and O–H groups in total. The first-order valence-electron chi connectivity index (χ1n) is 5.55. The van der Waals surface area contributed by atoms with Crippen molar-refractivity contribution in [3.05, 3.63) is 0 Å². The summed E-state index contributed by atoms with van der Waals surface area (Å²) in [5.41, 5.74) is 0. The minimum Gasteiger partial charge on any atom is -0.299 e. The van der Waals surface area contributed by atoms with Crippen LogP contribution in [0.3, 0.4) is 0 Å². The third-order valence-electron chi connectivity index (χ3n) is 3.55. The number of nitriles is 1. The fraction of sp³-hybridized carbons (Fsp3) is 0.909. The van der Waals surface area contributed by atoms with Gasteiger partial charge in [0.25, 0.3) is 0 Å². The molecular formula is C11H17FN2. The van der Waals surface area contributed by atoms with Crippen molar-refractivity contribution in [2.45, 2.75) is 31.9 Å². The van der Waals surface area contributed by atoms with Crippen molar-refractivity contribution in [1.29, 1.82) is 5.26 Å². The van der Waals surface area contributed by atoms with Crippen LogP contribution in [0.4, 0.5) is 4.39 Å². The molecule has 1 aliphatic carbocycles. The minimum atomic E-state index is -0.657. The minimum absolute atomic E-state index is 0.147. The summed E-state index contributed by atoms with van der Waals surface area (Å²) < 4.78 is 12.9. The van der Waals surface area contributed by atoms with Crippen LogP contribution in [0, 0.1) is 23.2 Å². The fourth-order valence-corrected chi connectivity index (χ4v) is 2.37. The molecule has 1 aliphatic heterocycles. The van der Waals surface area contributed by atoms with E-state index in [0.717, 1.165) is 13.1 Å². The van der Waals surface area contributed by atoms with Gasteiger partial charge in [0.2, 0.25) is 0 Å². The van der Waals surface area contributed by atoms with Crippen molar-refractivity contribution in [1.82, 2.24) is 4.90 Å². The number of hydrogen-bond acceptors (Lipinski definition) is 2. The number of alkyl halides is 1. The summed E-state index contributed by atoms with van der Waals surface area (Å²) in [5.74, 6) is 0.743. The molecule has 2 aliphatic rings. The predicted octanol–water partition coefficient (Wildman–Crippen LogP) is 1.97. The average Bonchev–Trinajstić information content (AvgIpc) is 2.47. The zero-order valence-electron chi connectivity index (χ0n) is 8.45. The SMILES string of the molecule is N#CC(CN1CCC(F)C1)C1CCC1. The van der Waals surface area contributed by atoms with Crippen molar-refractivity contribution in [3.8, 4) is 6.07 Å². The largest absolute Gasteiger partial charge is 0.299 e. The predicted molar refractivity (Wildman–Crippen MR) is 52.4 cm³/mol. The summed E-state index contributed by atoms with van der Waals surface area (Å²) in [6.07, 6.45) is 3.67. The van der Waals surface area contributed by atoms with Crippen molar-refractivity contribution >= 4 is 0 Å². The van der Waals surface area contributed by atoms with Crippen molar-refractivity contribution in [3.63, 3.8) is 0 Å². The lowest BCUT2D eigenvalue weighted by Gasteiger charge is -2.31. The molecule has 1 saturated heterocycles. The van der Waals surface area contributed by atoms with Crippen LogP contribution in [0.5, 0.6) is 0 Å². The first-order chi connectivity index (χ1) is 6.79. The maximum Gasteiger partial charge on any atom is 0.114 e. The van der Waals surface area contributed by atoms with Gasteiger partial charge in [0, 0.05) is 19.6 Å². The van der Waals surface area contributed by atoms with Crippen LogP contribution in [-0.2, 0) is 0 Å². The van der Waals surface area contributed by atoms with E-state index in [1.54, 1.807) is 0 Å². The molecule has 2 fully saturated rings. The van der Waals surface area contributed by atoms with E-state index in [0.29, 0.717) is 18.9 Å². The highest BCUT2D eigenvalue weighted by Gasteiger charge is 2.31. The second-order valence-corrected chi connectivity index (χ2v) is 4.57. The Morgan fingerprint density at radius 1 is 1.43 bits per heavy atom. The van der Waals surface area contributed by atoms with Gasteiger partial charge in [-0.1, -0.05) is 6.42 Å². The molecule has 0 spiro atoms. The molecule has 2 nitrogen and oxygen atoms in total. The van der Waals surface area contributed by atoms with Gasteiger partial charge in [-0.2, -0.15) is 5.26 Å². The number of halogens is 1. The van der Waals surface area contributed by atoms with E-state index in [9.17, 15) is 4.39 Å². The van der Waals surface area contributed by atoms with Gasteiger partial charge in [0.15, 0.2) is 0 Å². The number of hydrogen-bond donors (Lipinski definition) is 0.